The van der Waals surface area contributed by atoms with Crippen molar-refractivity contribution in [1.82, 2.24) is 19.7 Å². The number of rotatable bonds is 4. The zero-order valence-corrected chi connectivity index (χ0v) is 15.1. The number of ether oxygens (including phenoxy) is 1. The maximum atomic E-state index is 12.7. The van der Waals surface area contributed by atoms with Gasteiger partial charge in [-0.15, -0.1) is 0 Å². The Bertz CT molecular complexity index is 1130. The normalized spacial score (nSPS) is 14.1. The van der Waals surface area contributed by atoms with Crippen molar-refractivity contribution in [2.75, 3.05) is 13.1 Å². The highest BCUT2D eigenvalue weighted by Gasteiger charge is 2.33. The van der Waals surface area contributed by atoms with Gasteiger partial charge in [0.15, 0.2) is 0 Å². The van der Waals surface area contributed by atoms with Crippen molar-refractivity contribution < 1.29 is 9.53 Å². The molecule has 0 unspecified atom stereocenters. The summed E-state index contributed by atoms with van der Waals surface area (Å²) >= 11 is 0. The van der Waals surface area contributed by atoms with Gasteiger partial charge in [-0.2, -0.15) is 5.10 Å². The fourth-order valence-corrected chi connectivity index (χ4v) is 3.35. The molecule has 6 heteroatoms. The lowest BCUT2D eigenvalue weighted by molar-refractivity contribution is 0.0161. The van der Waals surface area contributed by atoms with Gasteiger partial charge in [-0.25, -0.2) is 9.67 Å². The van der Waals surface area contributed by atoms with Gasteiger partial charge in [-0.3, -0.25) is 4.79 Å². The number of carbonyl (C=O) groups excluding carboxylic acids is 1. The van der Waals surface area contributed by atoms with Crippen molar-refractivity contribution in [3.05, 3.63) is 84.7 Å². The van der Waals surface area contributed by atoms with Crippen molar-refractivity contribution >= 4 is 16.8 Å². The Kier molecular flexibility index (Phi) is 4.01. The number of carbonyl (C=O) groups is 1. The summed E-state index contributed by atoms with van der Waals surface area (Å²) in [7, 11) is 0. The summed E-state index contributed by atoms with van der Waals surface area (Å²) in [5.41, 5.74) is 2.42. The SMILES string of the molecule is O=C(c1cccc(-n2cccn2)c1)N1CC(Oc2ccc3ccccc3n2)C1. The van der Waals surface area contributed by atoms with Crippen molar-refractivity contribution in [2.45, 2.75) is 6.10 Å². The lowest BCUT2D eigenvalue weighted by atomic mass is 10.1. The molecule has 5 rings (SSSR count). The summed E-state index contributed by atoms with van der Waals surface area (Å²) in [5.74, 6) is 0.594. The molecular formula is C22H18N4O2. The number of amides is 1. The molecule has 6 nitrogen and oxygen atoms in total. The Morgan fingerprint density at radius 3 is 2.75 bits per heavy atom. The van der Waals surface area contributed by atoms with E-state index in [1.54, 1.807) is 15.8 Å². The third-order valence-corrected chi connectivity index (χ3v) is 4.86. The van der Waals surface area contributed by atoms with E-state index in [0.29, 0.717) is 24.5 Å². The number of hydrogen-bond donors (Lipinski definition) is 0. The molecule has 1 amide bonds. The molecule has 4 aromatic rings. The van der Waals surface area contributed by atoms with Crippen LogP contribution in [-0.4, -0.2) is 44.8 Å². The van der Waals surface area contributed by atoms with Crippen molar-refractivity contribution in [2.24, 2.45) is 0 Å². The second-order valence-corrected chi connectivity index (χ2v) is 6.79. The third kappa shape index (κ3) is 3.09. The second-order valence-electron chi connectivity index (χ2n) is 6.79. The molecule has 2 aromatic carbocycles. The van der Waals surface area contributed by atoms with Crippen LogP contribution in [0, 0.1) is 0 Å². The average molecular weight is 370 g/mol. The summed E-state index contributed by atoms with van der Waals surface area (Å²) in [6.07, 6.45) is 3.53. The van der Waals surface area contributed by atoms with Gasteiger partial charge in [0.2, 0.25) is 5.88 Å². The molecule has 1 aliphatic rings. The molecule has 1 aliphatic heterocycles. The summed E-state index contributed by atoms with van der Waals surface area (Å²) in [6.45, 7) is 1.11. The van der Waals surface area contributed by atoms with E-state index in [-0.39, 0.29) is 12.0 Å². The van der Waals surface area contributed by atoms with Crippen LogP contribution in [0.15, 0.2) is 79.1 Å². The first-order valence-corrected chi connectivity index (χ1v) is 9.18. The van der Waals surface area contributed by atoms with Crippen LogP contribution in [0.25, 0.3) is 16.6 Å². The maximum Gasteiger partial charge on any atom is 0.254 e. The van der Waals surface area contributed by atoms with Crippen molar-refractivity contribution in [3.63, 3.8) is 0 Å². The van der Waals surface area contributed by atoms with E-state index in [9.17, 15) is 4.79 Å². The smallest absolute Gasteiger partial charge is 0.254 e. The first kappa shape index (κ1) is 16.5. The predicted octanol–water partition coefficient (Wildman–Crippen LogP) is 3.32. The zero-order chi connectivity index (χ0) is 18.9. The Morgan fingerprint density at radius 2 is 1.89 bits per heavy atom. The van der Waals surface area contributed by atoms with Gasteiger partial charge in [-0.1, -0.05) is 24.3 Å². The zero-order valence-electron chi connectivity index (χ0n) is 15.1. The molecule has 1 fully saturated rings. The highest BCUT2D eigenvalue weighted by Crippen LogP contribution is 2.22. The van der Waals surface area contributed by atoms with E-state index in [1.165, 1.54) is 0 Å². The van der Waals surface area contributed by atoms with Gasteiger partial charge in [0, 0.05) is 29.4 Å². The average Bonchev–Trinajstić information content (AvgIpc) is 3.25. The lowest BCUT2D eigenvalue weighted by Crippen LogP contribution is -2.56. The number of aromatic nitrogens is 3. The largest absolute Gasteiger partial charge is 0.471 e. The van der Waals surface area contributed by atoms with Gasteiger partial charge in [0.1, 0.15) is 6.10 Å². The van der Waals surface area contributed by atoms with Crippen LogP contribution in [0.1, 0.15) is 10.4 Å². The van der Waals surface area contributed by atoms with Crippen LogP contribution >= 0.6 is 0 Å². The van der Waals surface area contributed by atoms with Crippen LogP contribution in [0.4, 0.5) is 0 Å². The molecular weight excluding hydrogens is 352 g/mol. The fraction of sp³-hybridized carbons (Fsp3) is 0.136. The highest BCUT2D eigenvalue weighted by molar-refractivity contribution is 5.95. The lowest BCUT2D eigenvalue weighted by Gasteiger charge is -2.38. The molecule has 0 bridgehead atoms. The number of fused-ring (bicyclic) bond motifs is 1. The number of para-hydroxylation sites is 1. The number of pyridine rings is 1. The van der Waals surface area contributed by atoms with E-state index < -0.39 is 0 Å². The van der Waals surface area contributed by atoms with Gasteiger partial charge in [0.05, 0.1) is 24.3 Å². The second kappa shape index (κ2) is 6.81. The summed E-state index contributed by atoms with van der Waals surface area (Å²) in [6, 6.07) is 21.1. The Morgan fingerprint density at radius 1 is 1.00 bits per heavy atom. The first-order valence-electron chi connectivity index (χ1n) is 9.18. The van der Waals surface area contributed by atoms with Crippen molar-refractivity contribution in [3.8, 4) is 11.6 Å². The van der Waals surface area contributed by atoms with Gasteiger partial charge < -0.3 is 9.64 Å². The summed E-state index contributed by atoms with van der Waals surface area (Å²) < 4.78 is 7.68. The topological polar surface area (TPSA) is 60.2 Å². The number of nitrogens with zero attached hydrogens (tertiary/aromatic N) is 4. The van der Waals surface area contributed by atoms with E-state index in [4.69, 9.17) is 4.74 Å². The Labute approximate surface area is 162 Å². The molecule has 0 N–H and O–H groups in total. The molecule has 0 atom stereocenters. The number of likely N-dealkylation sites (tertiary alicyclic amines) is 1. The molecule has 3 heterocycles. The van der Waals surface area contributed by atoms with Crippen molar-refractivity contribution in [1.29, 1.82) is 0 Å². The van der Waals surface area contributed by atoms with Crippen LogP contribution in [0.5, 0.6) is 5.88 Å². The Balaban J connectivity index is 1.24. The van der Waals surface area contributed by atoms with Crippen LogP contribution in [0.2, 0.25) is 0 Å². The summed E-state index contributed by atoms with van der Waals surface area (Å²) in [5, 5.41) is 5.29. The monoisotopic (exact) mass is 370 g/mol. The minimum atomic E-state index is -0.0353. The molecule has 1 saturated heterocycles. The number of hydrogen-bond acceptors (Lipinski definition) is 4. The molecule has 28 heavy (non-hydrogen) atoms. The van der Waals surface area contributed by atoms with Gasteiger partial charge in [-0.05, 0) is 36.4 Å². The van der Waals surface area contributed by atoms with E-state index in [2.05, 4.69) is 10.1 Å². The molecule has 0 saturated carbocycles. The van der Waals surface area contributed by atoms with Gasteiger partial charge in [0.25, 0.3) is 5.91 Å². The third-order valence-electron chi connectivity index (χ3n) is 4.86. The fourth-order valence-electron chi connectivity index (χ4n) is 3.35. The molecule has 0 spiro atoms. The first-order chi connectivity index (χ1) is 13.8. The van der Waals surface area contributed by atoms with Gasteiger partial charge >= 0.3 is 0 Å². The van der Waals surface area contributed by atoms with E-state index in [0.717, 1.165) is 16.6 Å². The standard InChI is InChI=1S/C22H18N4O2/c27-22(17-6-3-7-18(13-17)26-12-4-11-23-26)25-14-19(15-25)28-21-10-9-16-5-1-2-8-20(16)24-21/h1-13,19H,14-15H2. The van der Waals surface area contributed by atoms with Crippen LogP contribution < -0.4 is 4.74 Å². The molecule has 2 aromatic heterocycles. The quantitative estimate of drug-likeness (QED) is 0.553. The minimum Gasteiger partial charge on any atom is -0.471 e. The number of benzene rings is 2. The van der Waals surface area contributed by atoms with Crippen LogP contribution in [0.3, 0.4) is 0 Å². The molecule has 0 radical (unpaired) electrons. The molecule has 0 aliphatic carbocycles. The maximum absolute atomic E-state index is 12.7. The Hall–Kier alpha value is -3.67. The molecule has 138 valence electrons. The highest BCUT2D eigenvalue weighted by atomic mass is 16.5. The van der Waals surface area contributed by atoms with E-state index in [1.807, 2.05) is 72.9 Å². The van der Waals surface area contributed by atoms with Crippen LogP contribution in [-0.2, 0) is 0 Å². The minimum absolute atomic E-state index is 0.000303. The predicted molar refractivity (Wildman–Crippen MR) is 106 cm³/mol. The van der Waals surface area contributed by atoms with E-state index >= 15 is 0 Å². The summed E-state index contributed by atoms with van der Waals surface area (Å²) in [4.78, 5) is 19.1.